The van der Waals surface area contributed by atoms with Crippen LogP contribution < -0.4 is 20.7 Å². The van der Waals surface area contributed by atoms with Crippen LogP contribution in [0.5, 0.6) is 17.2 Å². The Hall–Kier alpha value is -4.31. The van der Waals surface area contributed by atoms with E-state index >= 15 is 0 Å². The van der Waals surface area contributed by atoms with Gasteiger partial charge in [0.15, 0.2) is 18.1 Å². The predicted octanol–water partition coefficient (Wildman–Crippen LogP) is 3.47. The standard InChI is InChI=1S/C21H12ClF4N3O6/c1-28-17(21(24,25)26)7-18(30)29(20(28)33)13-6-15(11(22)5-12(13)23)35-16-4-10(8-27)2-3-14(16)34-9-19(31)32/h2-7H,9H2,1H3,(H,31,32). The summed E-state index contributed by atoms with van der Waals surface area (Å²) in [6, 6.07) is 7.07. The second kappa shape index (κ2) is 9.51. The number of aromatic nitrogens is 2. The third-order valence-electron chi connectivity index (χ3n) is 4.50. The molecule has 0 amide bonds. The highest BCUT2D eigenvalue weighted by Gasteiger charge is 2.35. The van der Waals surface area contributed by atoms with Crippen LogP contribution in [0.3, 0.4) is 0 Å². The molecule has 1 heterocycles. The van der Waals surface area contributed by atoms with Gasteiger partial charge in [-0.1, -0.05) is 11.6 Å². The Morgan fingerprint density at radius 3 is 2.43 bits per heavy atom. The van der Waals surface area contributed by atoms with E-state index in [-0.39, 0.29) is 43.0 Å². The minimum atomic E-state index is -5.02. The van der Waals surface area contributed by atoms with E-state index in [9.17, 15) is 31.9 Å². The van der Waals surface area contributed by atoms with Crippen molar-refractivity contribution in [1.82, 2.24) is 9.13 Å². The molecule has 0 fully saturated rings. The van der Waals surface area contributed by atoms with Gasteiger partial charge in [0.25, 0.3) is 5.56 Å². The first-order valence-corrected chi connectivity index (χ1v) is 9.67. The van der Waals surface area contributed by atoms with Crippen molar-refractivity contribution in [3.05, 3.63) is 79.3 Å². The van der Waals surface area contributed by atoms with Gasteiger partial charge in [0.05, 0.1) is 22.3 Å². The monoisotopic (exact) mass is 513 g/mol. The molecule has 0 saturated carbocycles. The maximum Gasteiger partial charge on any atom is 0.431 e. The number of hydrogen-bond donors (Lipinski definition) is 1. The number of carbonyl (C=O) groups is 1. The fourth-order valence-electron chi connectivity index (χ4n) is 2.92. The van der Waals surface area contributed by atoms with Gasteiger partial charge in [-0.3, -0.25) is 9.36 Å². The number of aliphatic carboxylic acids is 1. The molecule has 0 aliphatic rings. The van der Waals surface area contributed by atoms with E-state index in [4.69, 9.17) is 31.4 Å². The average Bonchev–Trinajstić information content (AvgIpc) is 2.77. The molecular formula is C21H12ClF4N3O6. The van der Waals surface area contributed by atoms with E-state index in [0.29, 0.717) is 6.07 Å². The quantitative estimate of drug-likeness (QED) is 0.500. The molecule has 182 valence electrons. The Bertz CT molecular complexity index is 1490. The predicted molar refractivity (Wildman–Crippen MR) is 112 cm³/mol. The molecule has 9 nitrogen and oxygen atoms in total. The first-order chi connectivity index (χ1) is 16.3. The lowest BCUT2D eigenvalue weighted by molar-refractivity contribution is -0.144. The van der Waals surface area contributed by atoms with Crippen LogP contribution in [-0.2, 0) is 18.0 Å². The number of nitrogens with zero attached hydrogens (tertiary/aromatic N) is 3. The van der Waals surface area contributed by atoms with Gasteiger partial charge in [-0.15, -0.1) is 0 Å². The van der Waals surface area contributed by atoms with Crippen LogP contribution in [0, 0.1) is 17.1 Å². The Kier molecular flexibility index (Phi) is 6.88. The third-order valence-corrected chi connectivity index (χ3v) is 4.79. The lowest BCUT2D eigenvalue weighted by atomic mass is 10.2. The maximum atomic E-state index is 14.7. The number of ether oxygens (including phenoxy) is 2. The second-order valence-electron chi connectivity index (χ2n) is 6.83. The summed E-state index contributed by atoms with van der Waals surface area (Å²) in [4.78, 5) is 35.7. The molecule has 1 aromatic heterocycles. The Balaban J connectivity index is 2.16. The number of rotatable bonds is 6. The lowest BCUT2D eigenvalue weighted by Crippen LogP contribution is -2.41. The van der Waals surface area contributed by atoms with E-state index in [1.54, 1.807) is 0 Å². The molecule has 0 radical (unpaired) electrons. The first kappa shape index (κ1) is 25.3. The zero-order chi connectivity index (χ0) is 26.1. The van der Waals surface area contributed by atoms with E-state index in [1.807, 2.05) is 6.07 Å². The molecule has 1 N–H and O–H groups in total. The van der Waals surface area contributed by atoms with Crippen LogP contribution in [-0.4, -0.2) is 26.8 Å². The highest BCUT2D eigenvalue weighted by atomic mass is 35.5. The van der Waals surface area contributed by atoms with Gasteiger partial charge in [0, 0.05) is 25.2 Å². The van der Waals surface area contributed by atoms with Crippen LogP contribution in [0.25, 0.3) is 5.69 Å². The van der Waals surface area contributed by atoms with Crippen molar-refractivity contribution >= 4 is 17.6 Å². The summed E-state index contributed by atoms with van der Waals surface area (Å²) < 4.78 is 64.9. The average molecular weight is 514 g/mol. The molecule has 0 aliphatic carbocycles. The van der Waals surface area contributed by atoms with E-state index in [1.165, 1.54) is 12.1 Å². The summed E-state index contributed by atoms with van der Waals surface area (Å²) in [5, 5.41) is 17.6. The van der Waals surface area contributed by atoms with Crippen molar-refractivity contribution in [2.24, 2.45) is 7.05 Å². The van der Waals surface area contributed by atoms with Gasteiger partial charge in [0.2, 0.25) is 0 Å². The number of alkyl halides is 3. The van der Waals surface area contributed by atoms with Crippen LogP contribution in [0.4, 0.5) is 17.6 Å². The molecule has 0 aliphatic heterocycles. The number of benzene rings is 2. The summed E-state index contributed by atoms with van der Waals surface area (Å²) in [6.07, 6.45) is -5.02. The first-order valence-electron chi connectivity index (χ1n) is 9.29. The van der Waals surface area contributed by atoms with Gasteiger partial charge in [0.1, 0.15) is 17.3 Å². The van der Waals surface area contributed by atoms with Gasteiger partial charge < -0.3 is 14.6 Å². The third kappa shape index (κ3) is 5.28. The summed E-state index contributed by atoms with van der Waals surface area (Å²) in [5.74, 6) is -3.30. The summed E-state index contributed by atoms with van der Waals surface area (Å²) in [7, 11) is 0.756. The topological polar surface area (TPSA) is 124 Å². The molecule has 0 saturated heterocycles. The Morgan fingerprint density at radius 1 is 1.14 bits per heavy atom. The molecule has 3 rings (SSSR count). The van der Waals surface area contributed by atoms with Crippen molar-refractivity contribution in [1.29, 1.82) is 5.26 Å². The number of halogens is 5. The molecule has 0 atom stereocenters. The number of carboxylic acid groups (broad SMARTS) is 1. The summed E-state index contributed by atoms with van der Waals surface area (Å²) >= 11 is 6.00. The minimum absolute atomic E-state index is 0.0639. The second-order valence-corrected chi connectivity index (χ2v) is 7.24. The normalized spacial score (nSPS) is 11.1. The summed E-state index contributed by atoms with van der Waals surface area (Å²) in [5.41, 5.74) is -5.20. The highest BCUT2D eigenvalue weighted by molar-refractivity contribution is 6.32. The molecule has 3 aromatic rings. The van der Waals surface area contributed by atoms with E-state index in [0.717, 1.165) is 19.2 Å². The molecule has 14 heteroatoms. The van der Waals surface area contributed by atoms with Crippen LogP contribution in [0.15, 0.2) is 46.0 Å². The van der Waals surface area contributed by atoms with Gasteiger partial charge in [-0.2, -0.15) is 18.4 Å². The zero-order valence-corrected chi connectivity index (χ0v) is 18.1. The molecule has 0 spiro atoms. The van der Waals surface area contributed by atoms with Gasteiger partial charge in [-0.25, -0.2) is 18.5 Å². The van der Waals surface area contributed by atoms with Crippen molar-refractivity contribution < 1.29 is 36.9 Å². The van der Waals surface area contributed by atoms with Crippen LogP contribution in [0.1, 0.15) is 11.3 Å². The Morgan fingerprint density at radius 2 is 1.83 bits per heavy atom. The molecule has 35 heavy (non-hydrogen) atoms. The fourth-order valence-corrected chi connectivity index (χ4v) is 3.11. The number of carboxylic acids is 1. The molecule has 0 bridgehead atoms. The molecule has 0 unspecified atom stereocenters. The lowest BCUT2D eigenvalue weighted by Gasteiger charge is -2.16. The van der Waals surface area contributed by atoms with E-state index in [2.05, 4.69) is 0 Å². The SMILES string of the molecule is Cn1c(C(F)(F)F)cc(=O)n(-c2cc(Oc3cc(C#N)ccc3OCC(=O)O)c(Cl)cc2F)c1=O. The fraction of sp³-hybridized carbons (Fsp3) is 0.143. The smallest absolute Gasteiger partial charge is 0.431 e. The largest absolute Gasteiger partial charge is 0.479 e. The molecular weight excluding hydrogens is 502 g/mol. The van der Waals surface area contributed by atoms with Crippen molar-refractivity contribution in [2.75, 3.05) is 6.61 Å². The van der Waals surface area contributed by atoms with Gasteiger partial charge >= 0.3 is 17.8 Å². The summed E-state index contributed by atoms with van der Waals surface area (Å²) in [6.45, 7) is -0.776. The van der Waals surface area contributed by atoms with Gasteiger partial charge in [-0.05, 0) is 18.2 Å². The van der Waals surface area contributed by atoms with Crippen molar-refractivity contribution in [2.45, 2.75) is 6.18 Å². The number of hydrogen-bond acceptors (Lipinski definition) is 6. The van der Waals surface area contributed by atoms with Crippen molar-refractivity contribution in [3.8, 4) is 29.0 Å². The van der Waals surface area contributed by atoms with Crippen LogP contribution in [0.2, 0.25) is 5.02 Å². The Labute approximate surface area is 197 Å². The maximum absolute atomic E-state index is 14.7. The van der Waals surface area contributed by atoms with E-state index < -0.39 is 47.2 Å². The minimum Gasteiger partial charge on any atom is -0.479 e. The van der Waals surface area contributed by atoms with Crippen LogP contribution >= 0.6 is 11.6 Å². The van der Waals surface area contributed by atoms with Crippen molar-refractivity contribution in [3.63, 3.8) is 0 Å². The zero-order valence-electron chi connectivity index (χ0n) is 17.4. The number of nitriles is 1. The highest BCUT2D eigenvalue weighted by Crippen LogP contribution is 2.37. The molecule has 2 aromatic carbocycles.